The molecule has 108 valence electrons. The molecule has 1 aromatic heterocycles. The minimum Gasteiger partial charge on any atom is -0.441 e. The lowest BCUT2D eigenvalue weighted by atomic mass is 10.1. The summed E-state index contributed by atoms with van der Waals surface area (Å²) in [6.07, 6.45) is 2.09. The van der Waals surface area contributed by atoms with Crippen molar-refractivity contribution in [3.63, 3.8) is 0 Å². The van der Waals surface area contributed by atoms with Crippen molar-refractivity contribution in [3.05, 3.63) is 53.9 Å². The highest BCUT2D eigenvalue weighted by molar-refractivity contribution is 7.98. The summed E-state index contributed by atoms with van der Waals surface area (Å²) in [7, 11) is 0. The average Bonchev–Trinajstić information content (AvgIpc) is 2.86. The van der Waals surface area contributed by atoms with Crippen molar-refractivity contribution >= 4 is 28.5 Å². The van der Waals surface area contributed by atoms with E-state index in [1.165, 1.54) is 10.5 Å². The van der Waals surface area contributed by atoms with Crippen LogP contribution in [0.15, 0.2) is 51.8 Å². The third-order valence-corrected chi connectivity index (χ3v) is 4.24. The van der Waals surface area contributed by atoms with Crippen molar-refractivity contribution in [1.29, 1.82) is 0 Å². The lowest BCUT2D eigenvalue weighted by Crippen LogP contribution is -2.06. The number of hydrogen-bond donors (Lipinski definition) is 1. The molecule has 1 unspecified atom stereocenters. The standard InChI is InChI=1S/C17H18N2OS/c1-11(13-4-7-15(21-3)8-5-13)18-14-6-9-17-16(10-14)19-12(2)20-17/h4-11,18H,1-3H3. The quantitative estimate of drug-likeness (QED) is 0.685. The van der Waals surface area contributed by atoms with Gasteiger partial charge in [-0.25, -0.2) is 4.98 Å². The van der Waals surface area contributed by atoms with E-state index in [0.29, 0.717) is 5.89 Å². The summed E-state index contributed by atoms with van der Waals surface area (Å²) >= 11 is 1.76. The van der Waals surface area contributed by atoms with Crippen LogP contribution in [0.2, 0.25) is 0 Å². The largest absolute Gasteiger partial charge is 0.441 e. The minimum absolute atomic E-state index is 0.242. The number of rotatable bonds is 4. The van der Waals surface area contributed by atoms with Crippen molar-refractivity contribution in [3.8, 4) is 0 Å². The van der Waals surface area contributed by atoms with Crippen molar-refractivity contribution in [2.45, 2.75) is 24.8 Å². The molecule has 3 rings (SSSR count). The SMILES string of the molecule is CSc1ccc(C(C)Nc2ccc3oc(C)nc3c2)cc1. The maximum Gasteiger partial charge on any atom is 0.192 e. The Hall–Kier alpha value is -1.94. The van der Waals surface area contributed by atoms with Gasteiger partial charge in [0.2, 0.25) is 0 Å². The van der Waals surface area contributed by atoms with E-state index in [-0.39, 0.29) is 6.04 Å². The smallest absolute Gasteiger partial charge is 0.192 e. The topological polar surface area (TPSA) is 38.1 Å². The highest BCUT2D eigenvalue weighted by atomic mass is 32.2. The van der Waals surface area contributed by atoms with Gasteiger partial charge in [0.25, 0.3) is 0 Å². The molecule has 1 N–H and O–H groups in total. The molecule has 0 spiro atoms. The molecular weight excluding hydrogens is 280 g/mol. The number of aryl methyl sites for hydroxylation is 1. The predicted octanol–water partition coefficient (Wildman–Crippen LogP) is 5.03. The summed E-state index contributed by atoms with van der Waals surface area (Å²) in [4.78, 5) is 5.65. The third kappa shape index (κ3) is 3.05. The Bertz CT molecular complexity index is 749. The molecule has 2 aromatic carbocycles. The van der Waals surface area contributed by atoms with E-state index in [0.717, 1.165) is 16.8 Å². The molecule has 0 aliphatic heterocycles. The summed E-state index contributed by atoms with van der Waals surface area (Å²) in [6, 6.07) is 14.9. The van der Waals surface area contributed by atoms with E-state index in [1.807, 2.05) is 25.1 Å². The maximum atomic E-state index is 5.50. The molecule has 0 radical (unpaired) electrons. The van der Waals surface area contributed by atoms with E-state index in [4.69, 9.17) is 4.42 Å². The highest BCUT2D eigenvalue weighted by Crippen LogP contribution is 2.25. The normalized spacial score (nSPS) is 12.5. The Labute approximate surface area is 128 Å². The molecule has 21 heavy (non-hydrogen) atoms. The second-order valence-corrected chi connectivity index (χ2v) is 5.93. The first-order chi connectivity index (χ1) is 10.2. The second-order valence-electron chi connectivity index (χ2n) is 5.05. The monoisotopic (exact) mass is 298 g/mol. The van der Waals surface area contributed by atoms with Crippen molar-refractivity contribution in [1.82, 2.24) is 4.98 Å². The van der Waals surface area contributed by atoms with Crippen LogP contribution in [-0.4, -0.2) is 11.2 Å². The highest BCUT2D eigenvalue weighted by Gasteiger charge is 2.07. The molecule has 1 atom stereocenters. The summed E-state index contributed by atoms with van der Waals surface area (Å²) in [5.74, 6) is 0.697. The van der Waals surface area contributed by atoms with Crippen LogP contribution < -0.4 is 5.32 Å². The van der Waals surface area contributed by atoms with Gasteiger partial charge < -0.3 is 9.73 Å². The van der Waals surface area contributed by atoms with Gasteiger partial charge in [0, 0.05) is 23.5 Å². The fourth-order valence-electron chi connectivity index (χ4n) is 2.36. The van der Waals surface area contributed by atoms with E-state index in [1.54, 1.807) is 11.8 Å². The molecule has 0 bridgehead atoms. The van der Waals surface area contributed by atoms with Gasteiger partial charge in [-0.3, -0.25) is 0 Å². The molecule has 0 saturated heterocycles. The summed E-state index contributed by atoms with van der Waals surface area (Å²) < 4.78 is 5.50. The van der Waals surface area contributed by atoms with E-state index < -0.39 is 0 Å². The minimum atomic E-state index is 0.242. The number of nitrogens with one attached hydrogen (secondary N) is 1. The molecular formula is C17H18N2OS. The number of anilines is 1. The fraction of sp³-hybridized carbons (Fsp3) is 0.235. The summed E-state index contributed by atoms with van der Waals surface area (Å²) in [5, 5.41) is 3.51. The van der Waals surface area contributed by atoms with Crippen LogP contribution in [0.25, 0.3) is 11.1 Å². The van der Waals surface area contributed by atoms with Gasteiger partial charge in [0.15, 0.2) is 11.5 Å². The van der Waals surface area contributed by atoms with Crippen LogP contribution in [0.5, 0.6) is 0 Å². The lowest BCUT2D eigenvalue weighted by Gasteiger charge is -2.16. The Morgan fingerprint density at radius 1 is 1.14 bits per heavy atom. The van der Waals surface area contributed by atoms with Crippen molar-refractivity contribution < 1.29 is 4.42 Å². The summed E-state index contributed by atoms with van der Waals surface area (Å²) in [6.45, 7) is 4.02. The van der Waals surface area contributed by atoms with E-state index in [2.05, 4.69) is 47.7 Å². The molecule has 1 heterocycles. The number of aromatic nitrogens is 1. The van der Waals surface area contributed by atoms with Crippen molar-refractivity contribution in [2.75, 3.05) is 11.6 Å². The molecule has 0 aliphatic rings. The van der Waals surface area contributed by atoms with E-state index in [9.17, 15) is 0 Å². The van der Waals surface area contributed by atoms with Gasteiger partial charge >= 0.3 is 0 Å². The molecule has 3 nitrogen and oxygen atoms in total. The Kier molecular flexibility index (Phi) is 3.88. The van der Waals surface area contributed by atoms with Gasteiger partial charge in [0.05, 0.1) is 0 Å². The number of benzene rings is 2. The van der Waals surface area contributed by atoms with Crippen LogP contribution in [0, 0.1) is 6.92 Å². The number of nitrogens with zero attached hydrogens (tertiary/aromatic N) is 1. The van der Waals surface area contributed by atoms with Crippen LogP contribution in [0.3, 0.4) is 0 Å². The van der Waals surface area contributed by atoms with Gasteiger partial charge in [-0.05, 0) is 49.1 Å². The molecule has 3 aromatic rings. The first-order valence-corrected chi connectivity index (χ1v) is 8.16. The number of thioether (sulfide) groups is 1. The number of oxazole rings is 1. The Morgan fingerprint density at radius 2 is 1.90 bits per heavy atom. The fourth-order valence-corrected chi connectivity index (χ4v) is 2.77. The molecule has 0 aliphatic carbocycles. The van der Waals surface area contributed by atoms with Crippen molar-refractivity contribution in [2.24, 2.45) is 0 Å². The van der Waals surface area contributed by atoms with E-state index >= 15 is 0 Å². The van der Waals surface area contributed by atoms with Gasteiger partial charge in [0.1, 0.15) is 5.52 Å². The zero-order valence-corrected chi connectivity index (χ0v) is 13.2. The van der Waals surface area contributed by atoms with Crippen LogP contribution in [-0.2, 0) is 0 Å². The Balaban J connectivity index is 1.79. The van der Waals surface area contributed by atoms with Gasteiger partial charge in [-0.15, -0.1) is 11.8 Å². The van der Waals surface area contributed by atoms with Gasteiger partial charge in [-0.1, -0.05) is 12.1 Å². The molecule has 0 saturated carbocycles. The molecule has 0 fully saturated rings. The predicted molar refractivity (Wildman–Crippen MR) is 89.0 cm³/mol. The third-order valence-electron chi connectivity index (χ3n) is 3.49. The maximum absolute atomic E-state index is 5.50. The summed E-state index contributed by atoms with van der Waals surface area (Å²) in [5.41, 5.74) is 4.04. The average molecular weight is 298 g/mol. The van der Waals surface area contributed by atoms with Crippen LogP contribution >= 0.6 is 11.8 Å². The van der Waals surface area contributed by atoms with Crippen LogP contribution in [0.4, 0.5) is 5.69 Å². The number of hydrogen-bond acceptors (Lipinski definition) is 4. The number of fused-ring (bicyclic) bond motifs is 1. The second kappa shape index (κ2) is 5.82. The zero-order chi connectivity index (χ0) is 14.8. The first-order valence-electron chi connectivity index (χ1n) is 6.93. The van der Waals surface area contributed by atoms with Crippen LogP contribution in [0.1, 0.15) is 24.4 Å². The zero-order valence-electron chi connectivity index (χ0n) is 12.4. The van der Waals surface area contributed by atoms with Gasteiger partial charge in [-0.2, -0.15) is 0 Å². The molecule has 0 amide bonds. The first kappa shape index (κ1) is 14.0. The molecule has 4 heteroatoms. The Morgan fingerprint density at radius 3 is 2.62 bits per heavy atom. The lowest BCUT2D eigenvalue weighted by molar-refractivity contribution is 0.561.